The standard InChI is InChI=1S/C15H21NO4/c17-13(10-12-6-2-1-3-7-12)11-16-14(18)8-4-5-9-15(19)20/h1-3,6-7,13,17H,4-5,8-11H2,(H,16,18)(H,19,20). The van der Waals surface area contributed by atoms with E-state index in [1.54, 1.807) is 0 Å². The number of aliphatic hydroxyl groups excluding tert-OH is 1. The monoisotopic (exact) mass is 279 g/mol. The van der Waals surface area contributed by atoms with Crippen molar-refractivity contribution >= 4 is 11.9 Å². The second-order valence-electron chi connectivity index (χ2n) is 4.75. The van der Waals surface area contributed by atoms with Crippen LogP contribution in [0.4, 0.5) is 0 Å². The molecule has 0 bridgehead atoms. The number of carbonyl (C=O) groups excluding carboxylic acids is 1. The first-order chi connectivity index (χ1) is 9.58. The number of aliphatic hydroxyl groups is 1. The Labute approximate surface area is 118 Å². The zero-order valence-corrected chi connectivity index (χ0v) is 11.4. The van der Waals surface area contributed by atoms with Gasteiger partial charge in [0.25, 0.3) is 0 Å². The van der Waals surface area contributed by atoms with E-state index in [9.17, 15) is 14.7 Å². The summed E-state index contributed by atoms with van der Waals surface area (Å²) >= 11 is 0. The van der Waals surface area contributed by atoms with Gasteiger partial charge in [-0.1, -0.05) is 30.3 Å². The Kier molecular flexibility index (Phi) is 7.35. The van der Waals surface area contributed by atoms with Gasteiger partial charge in [-0.15, -0.1) is 0 Å². The van der Waals surface area contributed by atoms with E-state index in [1.165, 1.54) is 0 Å². The number of hydrogen-bond acceptors (Lipinski definition) is 3. The van der Waals surface area contributed by atoms with Crippen LogP contribution in [0.25, 0.3) is 0 Å². The molecule has 0 aromatic heterocycles. The number of carboxylic acids is 1. The highest BCUT2D eigenvalue weighted by Gasteiger charge is 2.08. The summed E-state index contributed by atoms with van der Waals surface area (Å²) in [5, 5.41) is 20.9. The first kappa shape index (κ1) is 16.2. The van der Waals surface area contributed by atoms with E-state index in [0.717, 1.165) is 5.56 Å². The number of hydrogen-bond donors (Lipinski definition) is 3. The quantitative estimate of drug-likeness (QED) is 0.596. The van der Waals surface area contributed by atoms with Gasteiger partial charge in [-0.2, -0.15) is 0 Å². The van der Waals surface area contributed by atoms with E-state index < -0.39 is 12.1 Å². The Hall–Kier alpha value is -1.88. The normalized spacial score (nSPS) is 11.8. The largest absolute Gasteiger partial charge is 0.481 e. The SMILES string of the molecule is O=C(O)CCCCC(=O)NCC(O)Cc1ccccc1. The Bertz CT molecular complexity index is 419. The minimum absolute atomic E-state index is 0.0872. The third-order valence-corrected chi connectivity index (χ3v) is 2.89. The summed E-state index contributed by atoms with van der Waals surface area (Å²) in [7, 11) is 0. The third kappa shape index (κ3) is 7.53. The van der Waals surface area contributed by atoms with Crippen LogP contribution in [0, 0.1) is 0 Å². The number of carbonyl (C=O) groups is 2. The molecular weight excluding hydrogens is 258 g/mol. The van der Waals surface area contributed by atoms with E-state index in [0.29, 0.717) is 25.7 Å². The summed E-state index contributed by atoms with van der Waals surface area (Å²) in [4.78, 5) is 21.8. The van der Waals surface area contributed by atoms with Crippen molar-refractivity contribution < 1.29 is 19.8 Å². The lowest BCUT2D eigenvalue weighted by molar-refractivity contribution is -0.137. The molecule has 0 aliphatic rings. The van der Waals surface area contributed by atoms with Gasteiger partial charge in [0.1, 0.15) is 0 Å². The van der Waals surface area contributed by atoms with Gasteiger partial charge in [0.15, 0.2) is 0 Å². The molecular formula is C15H21NO4. The van der Waals surface area contributed by atoms with Crippen molar-refractivity contribution in [3.63, 3.8) is 0 Å². The molecule has 1 unspecified atom stereocenters. The molecule has 0 fully saturated rings. The Morgan fingerprint density at radius 3 is 2.40 bits per heavy atom. The number of nitrogens with one attached hydrogen (secondary N) is 1. The molecule has 0 saturated carbocycles. The number of rotatable bonds is 9. The molecule has 0 aliphatic carbocycles. The van der Waals surface area contributed by atoms with E-state index in [2.05, 4.69) is 5.32 Å². The van der Waals surface area contributed by atoms with E-state index in [4.69, 9.17) is 5.11 Å². The molecule has 0 spiro atoms. The third-order valence-electron chi connectivity index (χ3n) is 2.89. The van der Waals surface area contributed by atoms with Crippen molar-refractivity contribution in [1.29, 1.82) is 0 Å². The maximum Gasteiger partial charge on any atom is 0.303 e. The highest BCUT2D eigenvalue weighted by Crippen LogP contribution is 2.03. The fourth-order valence-electron chi connectivity index (χ4n) is 1.84. The van der Waals surface area contributed by atoms with Crippen LogP contribution < -0.4 is 5.32 Å². The van der Waals surface area contributed by atoms with Crippen molar-refractivity contribution in [3.05, 3.63) is 35.9 Å². The summed E-state index contributed by atoms with van der Waals surface area (Å²) in [6.45, 7) is 0.215. The highest BCUT2D eigenvalue weighted by molar-refractivity contribution is 5.75. The minimum Gasteiger partial charge on any atom is -0.481 e. The van der Waals surface area contributed by atoms with Crippen LogP contribution in [0.2, 0.25) is 0 Å². The first-order valence-corrected chi connectivity index (χ1v) is 6.78. The second-order valence-corrected chi connectivity index (χ2v) is 4.75. The average Bonchev–Trinajstić information content (AvgIpc) is 2.42. The van der Waals surface area contributed by atoms with Gasteiger partial charge >= 0.3 is 5.97 Å². The van der Waals surface area contributed by atoms with Crippen LogP contribution in [0.5, 0.6) is 0 Å². The fraction of sp³-hybridized carbons (Fsp3) is 0.467. The topological polar surface area (TPSA) is 86.6 Å². The van der Waals surface area contributed by atoms with Crippen molar-refractivity contribution in [2.45, 2.75) is 38.2 Å². The number of amides is 1. The maximum absolute atomic E-state index is 11.5. The van der Waals surface area contributed by atoms with Gasteiger partial charge in [-0.05, 0) is 18.4 Å². The molecule has 110 valence electrons. The molecule has 0 heterocycles. The zero-order chi connectivity index (χ0) is 14.8. The molecule has 1 atom stereocenters. The summed E-state index contributed by atoms with van der Waals surface area (Å²) < 4.78 is 0. The van der Waals surface area contributed by atoms with Crippen LogP contribution >= 0.6 is 0 Å². The molecule has 0 radical (unpaired) electrons. The maximum atomic E-state index is 11.5. The molecule has 3 N–H and O–H groups in total. The molecule has 0 saturated heterocycles. The van der Waals surface area contributed by atoms with Crippen molar-refractivity contribution in [3.8, 4) is 0 Å². The van der Waals surface area contributed by atoms with Crippen LogP contribution in [0.3, 0.4) is 0 Å². The van der Waals surface area contributed by atoms with Crippen LogP contribution in [0.1, 0.15) is 31.2 Å². The van der Waals surface area contributed by atoms with Crippen molar-refractivity contribution in [2.75, 3.05) is 6.54 Å². The van der Waals surface area contributed by atoms with Gasteiger partial charge in [0.2, 0.25) is 5.91 Å². The predicted octanol–water partition coefficient (Wildman–Crippen LogP) is 1.35. The number of benzene rings is 1. The molecule has 1 rings (SSSR count). The lowest BCUT2D eigenvalue weighted by Gasteiger charge is -2.12. The van der Waals surface area contributed by atoms with Gasteiger partial charge in [-0.25, -0.2) is 0 Å². The van der Waals surface area contributed by atoms with Crippen LogP contribution in [-0.4, -0.2) is 34.7 Å². The van der Waals surface area contributed by atoms with Gasteiger partial charge in [0, 0.05) is 25.8 Å². The van der Waals surface area contributed by atoms with Crippen molar-refractivity contribution in [2.24, 2.45) is 0 Å². The average molecular weight is 279 g/mol. The summed E-state index contributed by atoms with van der Waals surface area (Å²) in [5.41, 5.74) is 1.02. The van der Waals surface area contributed by atoms with Gasteiger partial charge < -0.3 is 15.5 Å². The number of unbranched alkanes of at least 4 members (excludes halogenated alkanes) is 1. The second kappa shape index (κ2) is 9.09. The highest BCUT2D eigenvalue weighted by atomic mass is 16.4. The number of aliphatic carboxylic acids is 1. The number of carboxylic acid groups (broad SMARTS) is 1. The van der Waals surface area contributed by atoms with E-state index in [-0.39, 0.29) is 18.9 Å². The lowest BCUT2D eigenvalue weighted by Crippen LogP contribution is -2.33. The lowest BCUT2D eigenvalue weighted by atomic mass is 10.1. The first-order valence-electron chi connectivity index (χ1n) is 6.78. The molecule has 5 nitrogen and oxygen atoms in total. The molecule has 0 aliphatic heterocycles. The zero-order valence-electron chi connectivity index (χ0n) is 11.4. The smallest absolute Gasteiger partial charge is 0.303 e. The van der Waals surface area contributed by atoms with Gasteiger partial charge in [0.05, 0.1) is 6.10 Å². The molecule has 1 aromatic carbocycles. The molecule has 20 heavy (non-hydrogen) atoms. The van der Waals surface area contributed by atoms with Gasteiger partial charge in [-0.3, -0.25) is 9.59 Å². The summed E-state index contributed by atoms with van der Waals surface area (Å²) in [6, 6.07) is 9.58. The molecule has 5 heteroatoms. The van der Waals surface area contributed by atoms with Crippen LogP contribution in [0.15, 0.2) is 30.3 Å². The summed E-state index contributed by atoms with van der Waals surface area (Å²) in [6.07, 6.45) is 1.32. The van der Waals surface area contributed by atoms with E-state index in [1.807, 2.05) is 30.3 Å². The predicted molar refractivity (Wildman–Crippen MR) is 75.3 cm³/mol. The Morgan fingerprint density at radius 2 is 1.75 bits per heavy atom. The van der Waals surface area contributed by atoms with Crippen LogP contribution in [-0.2, 0) is 16.0 Å². The minimum atomic E-state index is -0.844. The molecule has 1 aromatic rings. The van der Waals surface area contributed by atoms with Crippen molar-refractivity contribution in [1.82, 2.24) is 5.32 Å². The Balaban J connectivity index is 2.12. The Morgan fingerprint density at radius 1 is 1.10 bits per heavy atom. The molecule has 1 amide bonds. The fourth-order valence-corrected chi connectivity index (χ4v) is 1.84. The summed E-state index contributed by atoms with van der Waals surface area (Å²) in [5.74, 6) is -0.994. The van der Waals surface area contributed by atoms with E-state index >= 15 is 0 Å².